The molecule has 19 heavy (non-hydrogen) atoms. The van der Waals surface area contributed by atoms with Crippen molar-refractivity contribution in [3.05, 3.63) is 34.9 Å². The van der Waals surface area contributed by atoms with E-state index in [1.807, 2.05) is 0 Å². The number of fused-ring (bicyclic) bond motifs is 1. The number of hydrogen-bond donors (Lipinski definition) is 1. The average Bonchev–Trinajstić information content (AvgIpc) is 2.37. The molecule has 2 aliphatic heterocycles. The molecule has 0 amide bonds. The van der Waals surface area contributed by atoms with E-state index in [0.29, 0.717) is 5.41 Å². The van der Waals surface area contributed by atoms with Crippen LogP contribution in [0.3, 0.4) is 0 Å². The van der Waals surface area contributed by atoms with E-state index in [4.69, 9.17) is 0 Å². The summed E-state index contributed by atoms with van der Waals surface area (Å²) in [6.45, 7) is 10.6. The van der Waals surface area contributed by atoms with Crippen molar-refractivity contribution in [3.8, 4) is 0 Å². The van der Waals surface area contributed by atoms with Crippen molar-refractivity contribution in [1.82, 2.24) is 10.2 Å². The minimum atomic E-state index is 0.494. The molecule has 0 aliphatic carbocycles. The van der Waals surface area contributed by atoms with Crippen LogP contribution in [0.5, 0.6) is 0 Å². The van der Waals surface area contributed by atoms with Gasteiger partial charge in [-0.15, -0.1) is 0 Å². The summed E-state index contributed by atoms with van der Waals surface area (Å²) in [4.78, 5) is 2.63. The summed E-state index contributed by atoms with van der Waals surface area (Å²) in [6, 6.07) is 7.11. The lowest BCUT2D eigenvalue weighted by atomic mass is 9.84. The highest BCUT2D eigenvalue weighted by molar-refractivity contribution is 5.33. The average molecular weight is 258 g/mol. The molecule has 1 N–H and O–H groups in total. The fourth-order valence-electron chi connectivity index (χ4n) is 3.57. The van der Waals surface area contributed by atoms with Crippen molar-refractivity contribution >= 4 is 0 Å². The fourth-order valence-corrected chi connectivity index (χ4v) is 3.57. The highest BCUT2D eigenvalue weighted by Crippen LogP contribution is 2.29. The molecule has 2 heteroatoms. The van der Waals surface area contributed by atoms with Crippen LogP contribution in [-0.4, -0.2) is 24.5 Å². The van der Waals surface area contributed by atoms with Gasteiger partial charge in [-0.25, -0.2) is 0 Å². The first kappa shape index (κ1) is 13.1. The molecule has 0 spiro atoms. The molecule has 0 radical (unpaired) electrons. The van der Waals surface area contributed by atoms with E-state index in [2.05, 4.69) is 42.3 Å². The highest BCUT2D eigenvalue weighted by Gasteiger charge is 2.26. The second-order valence-electron chi connectivity index (χ2n) is 7.01. The van der Waals surface area contributed by atoms with Crippen LogP contribution in [0.2, 0.25) is 0 Å². The number of benzene rings is 1. The molecule has 1 fully saturated rings. The fraction of sp³-hybridized carbons (Fsp3) is 0.647. The van der Waals surface area contributed by atoms with E-state index in [1.54, 1.807) is 5.56 Å². The number of piperidine rings is 1. The zero-order valence-electron chi connectivity index (χ0n) is 12.3. The number of rotatable bonds is 2. The topological polar surface area (TPSA) is 15.3 Å². The molecule has 0 atom stereocenters. The summed E-state index contributed by atoms with van der Waals surface area (Å²) in [7, 11) is 0. The molecule has 0 saturated carbocycles. The van der Waals surface area contributed by atoms with E-state index >= 15 is 0 Å². The maximum Gasteiger partial charge on any atom is 0.0234 e. The van der Waals surface area contributed by atoms with Crippen LogP contribution in [0, 0.1) is 5.41 Å². The Labute approximate surface area is 117 Å². The van der Waals surface area contributed by atoms with Gasteiger partial charge in [0.05, 0.1) is 0 Å². The molecule has 0 unspecified atom stereocenters. The third-order valence-corrected chi connectivity index (χ3v) is 4.54. The van der Waals surface area contributed by atoms with Crippen LogP contribution in [0.25, 0.3) is 0 Å². The zero-order valence-corrected chi connectivity index (χ0v) is 12.3. The van der Waals surface area contributed by atoms with Gasteiger partial charge in [-0.05, 0) is 54.5 Å². The minimum Gasteiger partial charge on any atom is -0.312 e. The molecule has 2 aliphatic rings. The summed E-state index contributed by atoms with van der Waals surface area (Å²) in [5.74, 6) is 0. The molecular formula is C17H26N2. The highest BCUT2D eigenvalue weighted by atomic mass is 15.1. The predicted octanol–water partition coefficient (Wildman–Crippen LogP) is 2.95. The minimum absolute atomic E-state index is 0.494. The normalized spacial score (nSPS) is 23.1. The SMILES string of the molecule is CC1(C)CCCN(Cc2ccc3c(c2)CNCC3)C1. The van der Waals surface area contributed by atoms with Crippen LogP contribution < -0.4 is 5.32 Å². The number of nitrogens with zero attached hydrogens (tertiary/aromatic N) is 1. The Bertz CT molecular complexity index is 451. The number of nitrogens with one attached hydrogen (secondary N) is 1. The van der Waals surface area contributed by atoms with Gasteiger partial charge < -0.3 is 5.32 Å². The molecule has 1 aromatic rings. The van der Waals surface area contributed by atoms with Gasteiger partial charge in [0.1, 0.15) is 0 Å². The Morgan fingerprint density at radius 3 is 3.00 bits per heavy atom. The number of likely N-dealkylation sites (tertiary alicyclic amines) is 1. The molecule has 0 bridgehead atoms. The summed E-state index contributed by atoms with van der Waals surface area (Å²) in [6.07, 6.45) is 3.91. The quantitative estimate of drug-likeness (QED) is 0.877. The number of hydrogen-bond acceptors (Lipinski definition) is 2. The standard InChI is InChI=1S/C17H26N2/c1-17(2)7-3-9-19(13-17)12-14-4-5-15-6-8-18-11-16(15)10-14/h4-5,10,18H,3,6-9,11-13H2,1-2H3. The summed E-state index contributed by atoms with van der Waals surface area (Å²) in [5, 5.41) is 3.47. The van der Waals surface area contributed by atoms with Gasteiger partial charge in [-0.2, -0.15) is 0 Å². The van der Waals surface area contributed by atoms with Gasteiger partial charge >= 0.3 is 0 Å². The van der Waals surface area contributed by atoms with Gasteiger partial charge in [0, 0.05) is 19.6 Å². The lowest BCUT2D eigenvalue weighted by Gasteiger charge is -2.38. The lowest BCUT2D eigenvalue weighted by molar-refractivity contribution is 0.111. The Morgan fingerprint density at radius 2 is 2.16 bits per heavy atom. The molecule has 2 nitrogen and oxygen atoms in total. The van der Waals surface area contributed by atoms with Crippen LogP contribution >= 0.6 is 0 Å². The van der Waals surface area contributed by atoms with Crippen molar-refractivity contribution in [2.75, 3.05) is 19.6 Å². The smallest absolute Gasteiger partial charge is 0.0234 e. The van der Waals surface area contributed by atoms with Gasteiger partial charge in [0.25, 0.3) is 0 Å². The molecule has 1 saturated heterocycles. The van der Waals surface area contributed by atoms with Crippen LogP contribution in [-0.2, 0) is 19.5 Å². The maximum atomic E-state index is 3.47. The molecule has 0 aromatic heterocycles. The van der Waals surface area contributed by atoms with Crippen molar-refractivity contribution in [2.24, 2.45) is 5.41 Å². The van der Waals surface area contributed by atoms with Crippen LogP contribution in [0.15, 0.2) is 18.2 Å². The molecule has 104 valence electrons. The largest absolute Gasteiger partial charge is 0.312 e. The summed E-state index contributed by atoms with van der Waals surface area (Å²) in [5.41, 5.74) is 5.04. The van der Waals surface area contributed by atoms with Crippen molar-refractivity contribution in [3.63, 3.8) is 0 Å². The Hall–Kier alpha value is -0.860. The van der Waals surface area contributed by atoms with Crippen molar-refractivity contribution in [2.45, 2.75) is 46.2 Å². The monoisotopic (exact) mass is 258 g/mol. The van der Waals surface area contributed by atoms with Crippen LogP contribution in [0.1, 0.15) is 43.4 Å². The third kappa shape index (κ3) is 3.18. The van der Waals surface area contributed by atoms with Crippen molar-refractivity contribution in [1.29, 1.82) is 0 Å². The summed E-state index contributed by atoms with van der Waals surface area (Å²) < 4.78 is 0. The van der Waals surface area contributed by atoms with Crippen molar-refractivity contribution < 1.29 is 0 Å². The van der Waals surface area contributed by atoms with E-state index in [9.17, 15) is 0 Å². The van der Waals surface area contributed by atoms with E-state index in [1.165, 1.54) is 43.5 Å². The first-order valence-electron chi connectivity index (χ1n) is 7.66. The molecular weight excluding hydrogens is 232 g/mol. The zero-order chi connectivity index (χ0) is 13.3. The Balaban J connectivity index is 1.69. The van der Waals surface area contributed by atoms with Crippen LogP contribution in [0.4, 0.5) is 0 Å². The third-order valence-electron chi connectivity index (χ3n) is 4.54. The van der Waals surface area contributed by atoms with E-state index < -0.39 is 0 Å². The predicted molar refractivity (Wildman–Crippen MR) is 80.1 cm³/mol. The first-order valence-corrected chi connectivity index (χ1v) is 7.66. The van der Waals surface area contributed by atoms with E-state index in [-0.39, 0.29) is 0 Å². The second kappa shape index (κ2) is 5.26. The van der Waals surface area contributed by atoms with Gasteiger partial charge in [-0.3, -0.25) is 4.90 Å². The van der Waals surface area contributed by atoms with Gasteiger partial charge in [0.15, 0.2) is 0 Å². The molecule has 3 rings (SSSR count). The Kier molecular flexibility index (Phi) is 3.64. The molecule has 1 aromatic carbocycles. The van der Waals surface area contributed by atoms with E-state index in [0.717, 1.165) is 19.6 Å². The summed E-state index contributed by atoms with van der Waals surface area (Å²) >= 11 is 0. The lowest BCUT2D eigenvalue weighted by Crippen LogP contribution is -2.39. The second-order valence-corrected chi connectivity index (χ2v) is 7.01. The molecule has 2 heterocycles. The van der Waals surface area contributed by atoms with Gasteiger partial charge in [-0.1, -0.05) is 32.0 Å². The Morgan fingerprint density at radius 1 is 1.26 bits per heavy atom. The first-order chi connectivity index (χ1) is 9.12. The van der Waals surface area contributed by atoms with Gasteiger partial charge in [0.2, 0.25) is 0 Å². The maximum absolute atomic E-state index is 3.47.